The van der Waals surface area contributed by atoms with Crippen LogP contribution in [-0.2, 0) is 48.3 Å². The van der Waals surface area contributed by atoms with Crippen LogP contribution in [0.1, 0.15) is 23.6 Å². The van der Waals surface area contributed by atoms with E-state index in [9.17, 15) is 4.79 Å². The third-order valence-corrected chi connectivity index (χ3v) is 5.51. The lowest BCUT2D eigenvalue weighted by atomic mass is 10.1. The molecule has 1 aliphatic rings. The van der Waals surface area contributed by atoms with Gasteiger partial charge in [-0.25, -0.2) is 0 Å². The quantitative estimate of drug-likeness (QED) is 0.386. The van der Waals surface area contributed by atoms with Gasteiger partial charge in [-0.15, -0.1) is 0 Å². The Morgan fingerprint density at radius 1 is 0.706 bits per heavy atom. The summed E-state index contributed by atoms with van der Waals surface area (Å²) < 4.78 is 30.0. The van der Waals surface area contributed by atoms with Gasteiger partial charge < -0.3 is 23.7 Å². The van der Waals surface area contributed by atoms with Gasteiger partial charge in [0.25, 0.3) is 0 Å². The molecule has 4 atom stereocenters. The highest BCUT2D eigenvalue weighted by Gasteiger charge is 2.48. The number of hydrogen-bond acceptors (Lipinski definition) is 6. The average molecular weight is 463 g/mol. The zero-order valence-electron chi connectivity index (χ0n) is 19.2. The lowest BCUT2D eigenvalue weighted by molar-refractivity contribution is -0.195. The molecule has 6 heteroatoms. The van der Waals surface area contributed by atoms with Gasteiger partial charge >= 0.3 is 5.97 Å². The van der Waals surface area contributed by atoms with Crippen LogP contribution in [0.15, 0.2) is 91.0 Å². The lowest BCUT2D eigenvalue weighted by Gasteiger charge is -2.24. The first-order chi connectivity index (χ1) is 16.7. The highest BCUT2D eigenvalue weighted by Crippen LogP contribution is 2.30. The van der Waals surface area contributed by atoms with Crippen molar-refractivity contribution < 1.29 is 28.5 Å². The summed E-state index contributed by atoms with van der Waals surface area (Å²) in [5, 5.41) is 0. The van der Waals surface area contributed by atoms with Crippen LogP contribution in [0.4, 0.5) is 0 Å². The molecule has 3 aromatic carbocycles. The number of rotatable bonds is 11. The third kappa shape index (κ3) is 6.98. The Morgan fingerprint density at radius 2 is 1.18 bits per heavy atom. The summed E-state index contributed by atoms with van der Waals surface area (Å²) in [4.78, 5) is 11.8. The predicted octanol–water partition coefficient (Wildman–Crippen LogP) is 4.66. The first kappa shape index (κ1) is 24.1. The van der Waals surface area contributed by atoms with Crippen LogP contribution in [0.3, 0.4) is 0 Å². The van der Waals surface area contributed by atoms with Crippen molar-refractivity contribution in [3.63, 3.8) is 0 Å². The molecule has 1 fully saturated rings. The van der Waals surface area contributed by atoms with Crippen LogP contribution in [-0.4, -0.2) is 37.2 Å². The third-order valence-electron chi connectivity index (χ3n) is 5.51. The second-order valence-corrected chi connectivity index (χ2v) is 8.18. The molecule has 0 amide bonds. The molecule has 0 unspecified atom stereocenters. The molecule has 4 rings (SSSR count). The van der Waals surface area contributed by atoms with E-state index in [1.165, 1.54) is 6.92 Å². The molecule has 1 heterocycles. The summed E-state index contributed by atoms with van der Waals surface area (Å²) in [6, 6.07) is 29.7. The van der Waals surface area contributed by atoms with Crippen molar-refractivity contribution in [1.82, 2.24) is 0 Å². The van der Waals surface area contributed by atoms with Crippen molar-refractivity contribution in [2.24, 2.45) is 0 Å². The Balaban J connectivity index is 1.47. The van der Waals surface area contributed by atoms with Crippen LogP contribution in [0.25, 0.3) is 0 Å². The predicted molar refractivity (Wildman–Crippen MR) is 127 cm³/mol. The van der Waals surface area contributed by atoms with Crippen molar-refractivity contribution in [2.45, 2.75) is 51.3 Å². The molecule has 6 nitrogen and oxygen atoms in total. The Morgan fingerprint density at radius 3 is 1.68 bits per heavy atom. The van der Waals surface area contributed by atoms with Crippen LogP contribution >= 0.6 is 0 Å². The number of ether oxygens (including phenoxy) is 5. The topological polar surface area (TPSA) is 63.2 Å². The molecular formula is C28H30O6. The van der Waals surface area contributed by atoms with Gasteiger partial charge in [0.1, 0.15) is 18.3 Å². The SMILES string of the molecule is CC(=O)O[C@@H]1O[C@H](COCc2ccccc2)[C@H](OCc2ccccc2)[C@@H]1OCc1ccccc1. The largest absolute Gasteiger partial charge is 0.433 e. The number of hydrogen-bond donors (Lipinski definition) is 0. The highest BCUT2D eigenvalue weighted by molar-refractivity contribution is 5.66. The fraction of sp³-hybridized carbons (Fsp3) is 0.321. The molecule has 34 heavy (non-hydrogen) atoms. The second kappa shape index (κ2) is 12.4. The van der Waals surface area contributed by atoms with E-state index in [2.05, 4.69) is 0 Å². The summed E-state index contributed by atoms with van der Waals surface area (Å²) in [7, 11) is 0. The van der Waals surface area contributed by atoms with Gasteiger partial charge in [-0.2, -0.15) is 0 Å². The van der Waals surface area contributed by atoms with Gasteiger partial charge in [0, 0.05) is 6.92 Å². The van der Waals surface area contributed by atoms with E-state index in [0.29, 0.717) is 19.8 Å². The molecule has 178 valence electrons. The van der Waals surface area contributed by atoms with Crippen molar-refractivity contribution in [1.29, 1.82) is 0 Å². The minimum Gasteiger partial charge on any atom is -0.433 e. The van der Waals surface area contributed by atoms with E-state index < -0.39 is 30.6 Å². The molecular weight excluding hydrogens is 432 g/mol. The van der Waals surface area contributed by atoms with Crippen molar-refractivity contribution in [3.05, 3.63) is 108 Å². The minimum atomic E-state index is -0.882. The van der Waals surface area contributed by atoms with Gasteiger partial charge in [0.05, 0.1) is 26.4 Å². The van der Waals surface area contributed by atoms with E-state index in [1.807, 2.05) is 91.0 Å². The maximum atomic E-state index is 11.8. The molecule has 1 saturated heterocycles. The van der Waals surface area contributed by atoms with E-state index >= 15 is 0 Å². The minimum absolute atomic E-state index is 0.275. The van der Waals surface area contributed by atoms with Gasteiger partial charge in [-0.3, -0.25) is 4.79 Å². The highest BCUT2D eigenvalue weighted by atomic mass is 16.7. The van der Waals surface area contributed by atoms with E-state index in [0.717, 1.165) is 16.7 Å². The molecule has 0 saturated carbocycles. The molecule has 0 spiro atoms. The summed E-state index contributed by atoms with van der Waals surface area (Å²) in [6.45, 7) is 2.80. The fourth-order valence-corrected chi connectivity index (χ4v) is 3.86. The number of benzene rings is 3. The maximum absolute atomic E-state index is 11.8. The zero-order chi connectivity index (χ0) is 23.6. The Bertz CT molecular complexity index is 995. The van der Waals surface area contributed by atoms with Gasteiger partial charge in [0.2, 0.25) is 6.29 Å². The monoisotopic (exact) mass is 462 g/mol. The Labute approximate surface area is 200 Å². The van der Waals surface area contributed by atoms with Gasteiger partial charge in [0.15, 0.2) is 0 Å². The second-order valence-electron chi connectivity index (χ2n) is 8.18. The molecule has 1 aliphatic heterocycles. The Kier molecular flexibility index (Phi) is 8.82. The zero-order valence-corrected chi connectivity index (χ0v) is 19.2. The van der Waals surface area contributed by atoms with Gasteiger partial charge in [-0.1, -0.05) is 91.0 Å². The number of esters is 1. The first-order valence-corrected chi connectivity index (χ1v) is 11.4. The molecule has 0 aliphatic carbocycles. The van der Waals surface area contributed by atoms with E-state index in [1.54, 1.807) is 0 Å². The van der Waals surface area contributed by atoms with E-state index in [4.69, 9.17) is 23.7 Å². The normalized spacial score (nSPS) is 21.9. The first-order valence-electron chi connectivity index (χ1n) is 11.4. The molecule has 0 aromatic heterocycles. The fourth-order valence-electron chi connectivity index (χ4n) is 3.86. The molecule has 0 radical (unpaired) electrons. The lowest BCUT2D eigenvalue weighted by Crippen LogP contribution is -2.40. The van der Waals surface area contributed by atoms with Crippen LogP contribution in [0, 0.1) is 0 Å². The van der Waals surface area contributed by atoms with Gasteiger partial charge in [-0.05, 0) is 16.7 Å². The smallest absolute Gasteiger partial charge is 0.305 e. The molecule has 3 aromatic rings. The van der Waals surface area contributed by atoms with E-state index in [-0.39, 0.29) is 6.61 Å². The molecule has 0 bridgehead atoms. The summed E-state index contributed by atoms with van der Waals surface area (Å²) in [5.41, 5.74) is 3.11. The van der Waals surface area contributed by atoms with Crippen molar-refractivity contribution in [3.8, 4) is 0 Å². The summed E-state index contributed by atoms with van der Waals surface area (Å²) in [6.07, 6.45) is -2.42. The van der Waals surface area contributed by atoms with Crippen molar-refractivity contribution >= 4 is 5.97 Å². The Hall–Kier alpha value is -3.03. The van der Waals surface area contributed by atoms with Crippen LogP contribution in [0.2, 0.25) is 0 Å². The van der Waals surface area contributed by atoms with Crippen molar-refractivity contribution in [2.75, 3.05) is 6.61 Å². The molecule has 0 N–H and O–H groups in total. The van der Waals surface area contributed by atoms with Crippen LogP contribution in [0.5, 0.6) is 0 Å². The maximum Gasteiger partial charge on any atom is 0.305 e. The number of carbonyl (C=O) groups is 1. The van der Waals surface area contributed by atoms with Crippen LogP contribution < -0.4 is 0 Å². The summed E-state index contributed by atoms with van der Waals surface area (Å²) in [5.74, 6) is -0.439. The average Bonchev–Trinajstić information content (AvgIpc) is 3.18. The number of carbonyl (C=O) groups excluding carboxylic acids is 1. The summed E-state index contributed by atoms with van der Waals surface area (Å²) >= 11 is 0. The standard InChI is InChI=1S/C28H30O6/c1-21(29)33-28-27(32-19-24-15-9-4-10-16-24)26(31-18-23-13-7-3-8-14-23)25(34-28)20-30-17-22-11-5-2-6-12-22/h2-16,25-28H,17-20H2,1H3/t25-,26+,27+,28-/m1/s1.